The number of carbonyl (C=O) groups excluding carboxylic acids is 4. The highest BCUT2D eigenvalue weighted by Crippen LogP contribution is 2.44. The number of anilines is 1. The van der Waals surface area contributed by atoms with Gasteiger partial charge >= 0.3 is 0 Å². The molecule has 1 atom stereocenters. The van der Waals surface area contributed by atoms with Crippen molar-refractivity contribution in [3.05, 3.63) is 65.2 Å². The van der Waals surface area contributed by atoms with E-state index in [1.165, 1.54) is 5.56 Å². The Labute approximate surface area is 211 Å². The largest absolute Gasteiger partial charge is 0.339 e. The molecule has 0 aliphatic carbocycles. The average molecular weight is 489 g/mol. The first-order valence-corrected chi connectivity index (χ1v) is 12.7. The molecule has 2 aromatic rings. The molecular weight excluding hydrogens is 456 g/mol. The summed E-state index contributed by atoms with van der Waals surface area (Å²) in [5.74, 6) is -0.197. The van der Waals surface area contributed by atoms with Crippen LogP contribution in [-0.2, 0) is 16.0 Å². The third-order valence-electron chi connectivity index (χ3n) is 7.82. The molecule has 0 saturated carbocycles. The zero-order valence-corrected chi connectivity index (χ0v) is 20.9. The molecule has 8 heteroatoms. The van der Waals surface area contributed by atoms with E-state index in [0.717, 1.165) is 6.42 Å². The van der Waals surface area contributed by atoms with E-state index in [1.54, 1.807) is 31.7 Å². The number of piperazine rings is 1. The van der Waals surface area contributed by atoms with Gasteiger partial charge < -0.3 is 14.7 Å². The van der Waals surface area contributed by atoms with Gasteiger partial charge in [0.1, 0.15) is 5.66 Å². The van der Waals surface area contributed by atoms with Crippen molar-refractivity contribution in [1.82, 2.24) is 14.7 Å². The minimum atomic E-state index is -0.763. The van der Waals surface area contributed by atoms with Crippen LogP contribution in [0.3, 0.4) is 0 Å². The maximum atomic E-state index is 13.4. The van der Waals surface area contributed by atoms with Crippen molar-refractivity contribution in [2.24, 2.45) is 0 Å². The number of nitrogens with zero attached hydrogens (tertiary/aromatic N) is 4. The van der Waals surface area contributed by atoms with Crippen LogP contribution in [0, 0.1) is 0 Å². The van der Waals surface area contributed by atoms with Crippen molar-refractivity contribution < 1.29 is 19.2 Å². The van der Waals surface area contributed by atoms with Crippen LogP contribution in [0.15, 0.2) is 48.5 Å². The molecule has 2 fully saturated rings. The van der Waals surface area contributed by atoms with Crippen LogP contribution < -0.4 is 4.90 Å². The molecule has 0 bridgehead atoms. The lowest BCUT2D eigenvalue weighted by Crippen LogP contribution is -2.62. The van der Waals surface area contributed by atoms with Gasteiger partial charge in [0.25, 0.3) is 11.8 Å². The Morgan fingerprint density at radius 2 is 1.58 bits per heavy atom. The average Bonchev–Trinajstić information content (AvgIpc) is 3.22. The first kappa shape index (κ1) is 24.0. The Morgan fingerprint density at radius 3 is 2.28 bits per heavy atom. The van der Waals surface area contributed by atoms with Gasteiger partial charge in [0.05, 0.1) is 11.3 Å². The second kappa shape index (κ2) is 9.41. The van der Waals surface area contributed by atoms with Crippen LogP contribution in [0.2, 0.25) is 0 Å². The smallest absolute Gasteiger partial charge is 0.257 e. The summed E-state index contributed by atoms with van der Waals surface area (Å²) in [5.41, 5.74) is 2.25. The van der Waals surface area contributed by atoms with E-state index in [0.29, 0.717) is 55.8 Å². The summed E-state index contributed by atoms with van der Waals surface area (Å²) >= 11 is 0. The first-order valence-electron chi connectivity index (χ1n) is 12.7. The van der Waals surface area contributed by atoms with Crippen LogP contribution in [0.25, 0.3) is 0 Å². The second-order valence-electron chi connectivity index (χ2n) is 9.89. The van der Waals surface area contributed by atoms with Crippen LogP contribution >= 0.6 is 0 Å². The quantitative estimate of drug-likeness (QED) is 0.648. The van der Waals surface area contributed by atoms with E-state index in [4.69, 9.17) is 0 Å². The van der Waals surface area contributed by atoms with Gasteiger partial charge in [-0.3, -0.25) is 24.1 Å². The maximum Gasteiger partial charge on any atom is 0.257 e. The normalized spacial score (nSPS) is 21.5. The Kier molecular flexibility index (Phi) is 6.28. The number of para-hydroxylation sites is 1. The van der Waals surface area contributed by atoms with Crippen molar-refractivity contribution in [1.29, 1.82) is 0 Å². The number of aryl methyl sites for hydroxylation is 1. The molecule has 3 aliphatic heterocycles. The van der Waals surface area contributed by atoms with Gasteiger partial charge in [0.15, 0.2) is 0 Å². The van der Waals surface area contributed by atoms with Crippen molar-refractivity contribution in [2.75, 3.05) is 37.6 Å². The van der Waals surface area contributed by atoms with Crippen molar-refractivity contribution in [3.63, 3.8) is 0 Å². The van der Waals surface area contributed by atoms with Gasteiger partial charge in [-0.1, -0.05) is 31.2 Å². The van der Waals surface area contributed by atoms with Crippen LogP contribution in [-0.4, -0.2) is 76.7 Å². The van der Waals surface area contributed by atoms with Gasteiger partial charge in [-0.25, -0.2) is 0 Å². The Balaban J connectivity index is 1.21. The molecular formula is C28H32N4O4. The minimum absolute atomic E-state index is 0.00102. The van der Waals surface area contributed by atoms with Gasteiger partial charge in [0, 0.05) is 51.1 Å². The summed E-state index contributed by atoms with van der Waals surface area (Å²) in [6.45, 7) is 6.14. The van der Waals surface area contributed by atoms with Gasteiger partial charge in [-0.15, -0.1) is 0 Å². The Hall–Kier alpha value is -3.68. The van der Waals surface area contributed by atoms with E-state index in [-0.39, 0.29) is 36.6 Å². The van der Waals surface area contributed by atoms with Gasteiger partial charge in [0.2, 0.25) is 11.8 Å². The summed E-state index contributed by atoms with van der Waals surface area (Å²) in [6, 6.07) is 14.9. The summed E-state index contributed by atoms with van der Waals surface area (Å²) in [4.78, 5) is 59.0. The monoisotopic (exact) mass is 488 g/mol. The molecule has 188 valence electrons. The lowest BCUT2D eigenvalue weighted by molar-refractivity contribution is -0.133. The highest BCUT2D eigenvalue weighted by atomic mass is 16.2. The Bertz CT molecular complexity index is 1200. The molecule has 3 heterocycles. The van der Waals surface area contributed by atoms with Crippen LogP contribution in [0.1, 0.15) is 59.4 Å². The van der Waals surface area contributed by atoms with E-state index < -0.39 is 5.66 Å². The molecule has 1 unspecified atom stereocenters. The maximum absolute atomic E-state index is 13.4. The van der Waals surface area contributed by atoms with Crippen molar-refractivity contribution in [2.45, 2.75) is 45.2 Å². The van der Waals surface area contributed by atoms with Crippen LogP contribution in [0.4, 0.5) is 5.69 Å². The molecule has 0 aromatic heterocycles. The van der Waals surface area contributed by atoms with Crippen LogP contribution in [0.5, 0.6) is 0 Å². The number of hydrogen-bond acceptors (Lipinski definition) is 4. The number of amides is 4. The molecule has 0 spiro atoms. The number of benzene rings is 2. The third-order valence-corrected chi connectivity index (χ3v) is 7.82. The predicted molar refractivity (Wildman–Crippen MR) is 136 cm³/mol. The topological polar surface area (TPSA) is 81.2 Å². The van der Waals surface area contributed by atoms with Gasteiger partial charge in [-0.2, -0.15) is 0 Å². The van der Waals surface area contributed by atoms with Crippen molar-refractivity contribution >= 4 is 29.3 Å². The lowest BCUT2D eigenvalue weighted by Gasteiger charge is -2.48. The summed E-state index contributed by atoms with van der Waals surface area (Å²) in [6.07, 6.45) is 2.02. The minimum Gasteiger partial charge on any atom is -0.339 e. The molecule has 2 aromatic carbocycles. The van der Waals surface area contributed by atoms with E-state index in [1.807, 2.05) is 43.3 Å². The zero-order chi connectivity index (χ0) is 25.4. The lowest BCUT2D eigenvalue weighted by atomic mass is 9.98. The number of rotatable bonds is 5. The van der Waals surface area contributed by atoms with E-state index >= 15 is 0 Å². The third kappa shape index (κ3) is 4.04. The number of carbonyl (C=O) groups is 4. The molecule has 36 heavy (non-hydrogen) atoms. The highest BCUT2D eigenvalue weighted by Gasteiger charge is 2.52. The van der Waals surface area contributed by atoms with Gasteiger partial charge in [-0.05, 0) is 49.6 Å². The molecule has 4 amide bonds. The molecule has 8 nitrogen and oxygen atoms in total. The summed E-state index contributed by atoms with van der Waals surface area (Å²) < 4.78 is 0. The first-order chi connectivity index (χ1) is 17.3. The molecule has 3 aliphatic rings. The SMILES string of the molecule is CCc1ccc(C(=O)N2CCN(C(=O)CCN3C(=O)c4ccccc4N4C(=O)CCC34C)CC2)cc1. The molecule has 2 saturated heterocycles. The van der Waals surface area contributed by atoms with E-state index in [9.17, 15) is 19.2 Å². The fourth-order valence-electron chi connectivity index (χ4n) is 5.63. The predicted octanol–water partition coefficient (Wildman–Crippen LogP) is 2.92. The highest BCUT2D eigenvalue weighted by molar-refractivity contribution is 6.10. The Morgan fingerprint density at radius 1 is 0.917 bits per heavy atom. The standard InChI is InChI=1S/C28H32N4O4/c1-3-20-8-10-21(11-9-20)26(35)30-18-16-29(17-19-30)24(33)13-15-31-27(36)22-6-4-5-7-23(22)32-25(34)12-14-28(31,32)2/h4-11H,3,12-19H2,1-2H3. The number of hydrogen-bond donors (Lipinski definition) is 0. The van der Waals surface area contributed by atoms with E-state index in [2.05, 4.69) is 6.92 Å². The fraction of sp³-hybridized carbons (Fsp3) is 0.429. The second-order valence-corrected chi connectivity index (χ2v) is 9.89. The number of fused-ring (bicyclic) bond motifs is 3. The zero-order valence-electron chi connectivity index (χ0n) is 20.9. The molecule has 0 radical (unpaired) electrons. The van der Waals surface area contributed by atoms with Crippen molar-refractivity contribution in [3.8, 4) is 0 Å². The fourth-order valence-corrected chi connectivity index (χ4v) is 5.63. The molecule has 0 N–H and O–H groups in total. The summed E-state index contributed by atoms with van der Waals surface area (Å²) in [7, 11) is 0. The summed E-state index contributed by atoms with van der Waals surface area (Å²) in [5, 5.41) is 0. The molecule has 5 rings (SSSR count).